The lowest BCUT2D eigenvalue weighted by Crippen LogP contribution is -2.54. The SMILES string of the molecule is CC#C[C@H](N[C@@H](CSCc1ccccn1)C(=O)CC1(C#N)CC1)C(F)(F)Oc1ccc(SC)cc1. The molecule has 2 aromatic rings. The van der Waals surface area contributed by atoms with E-state index < -0.39 is 23.6 Å². The lowest BCUT2D eigenvalue weighted by molar-refractivity contribution is -0.188. The molecule has 3 rings (SSSR count). The van der Waals surface area contributed by atoms with E-state index in [4.69, 9.17) is 4.74 Å². The van der Waals surface area contributed by atoms with Crippen LogP contribution in [0.15, 0.2) is 53.6 Å². The maximum absolute atomic E-state index is 15.2. The zero-order chi connectivity index (χ0) is 25.3. The van der Waals surface area contributed by atoms with Gasteiger partial charge in [0.25, 0.3) is 0 Å². The van der Waals surface area contributed by atoms with Gasteiger partial charge >= 0.3 is 6.11 Å². The third-order valence-corrected chi connectivity index (χ3v) is 7.37. The van der Waals surface area contributed by atoms with Gasteiger partial charge in [-0.15, -0.1) is 17.7 Å². The van der Waals surface area contributed by atoms with Crippen molar-refractivity contribution in [2.75, 3.05) is 12.0 Å². The minimum atomic E-state index is -3.69. The molecule has 0 saturated heterocycles. The van der Waals surface area contributed by atoms with Crippen molar-refractivity contribution < 1.29 is 18.3 Å². The fraction of sp³-hybridized carbons (Fsp3) is 0.423. The third kappa shape index (κ3) is 7.96. The molecule has 1 aromatic heterocycles. The molecule has 35 heavy (non-hydrogen) atoms. The molecule has 5 nitrogen and oxygen atoms in total. The zero-order valence-electron chi connectivity index (χ0n) is 19.6. The Morgan fingerprint density at radius 3 is 2.60 bits per heavy atom. The molecule has 1 N–H and O–H groups in total. The van der Waals surface area contributed by atoms with Crippen LogP contribution in [-0.4, -0.2) is 41.0 Å². The molecule has 1 aromatic carbocycles. The molecule has 184 valence electrons. The van der Waals surface area contributed by atoms with E-state index in [0.29, 0.717) is 18.6 Å². The first kappa shape index (κ1) is 27.0. The zero-order valence-corrected chi connectivity index (χ0v) is 21.2. The Hall–Kier alpha value is -2.59. The second-order valence-corrected chi connectivity index (χ2v) is 10.2. The summed E-state index contributed by atoms with van der Waals surface area (Å²) in [6.45, 7) is 1.46. The summed E-state index contributed by atoms with van der Waals surface area (Å²) in [4.78, 5) is 18.3. The van der Waals surface area contributed by atoms with Gasteiger partial charge < -0.3 is 4.74 Å². The van der Waals surface area contributed by atoms with Crippen LogP contribution in [0.2, 0.25) is 0 Å². The fourth-order valence-electron chi connectivity index (χ4n) is 3.36. The fourth-order valence-corrected chi connectivity index (χ4v) is 4.79. The minimum Gasteiger partial charge on any atom is -0.431 e. The third-order valence-electron chi connectivity index (χ3n) is 5.56. The molecule has 0 aliphatic heterocycles. The molecule has 0 unspecified atom stereocenters. The Kier molecular flexibility index (Phi) is 9.56. The van der Waals surface area contributed by atoms with Gasteiger partial charge in [0, 0.05) is 29.0 Å². The van der Waals surface area contributed by atoms with E-state index in [0.717, 1.165) is 10.6 Å². The summed E-state index contributed by atoms with van der Waals surface area (Å²) in [5.41, 5.74) is 0.152. The van der Waals surface area contributed by atoms with E-state index in [1.54, 1.807) is 18.3 Å². The molecule has 1 aliphatic rings. The van der Waals surface area contributed by atoms with Crippen LogP contribution in [-0.2, 0) is 10.5 Å². The van der Waals surface area contributed by atoms with E-state index >= 15 is 8.78 Å². The first-order valence-electron chi connectivity index (χ1n) is 11.1. The average Bonchev–Trinajstić information content (AvgIpc) is 3.63. The Morgan fingerprint density at radius 1 is 1.29 bits per heavy atom. The molecule has 9 heteroatoms. The number of hydrogen-bond acceptors (Lipinski definition) is 7. The number of nitrogens with zero attached hydrogens (tertiary/aromatic N) is 2. The Labute approximate surface area is 213 Å². The van der Waals surface area contributed by atoms with E-state index in [9.17, 15) is 10.1 Å². The topological polar surface area (TPSA) is 75.0 Å². The highest BCUT2D eigenvalue weighted by molar-refractivity contribution is 7.98. The molecule has 2 atom stereocenters. The van der Waals surface area contributed by atoms with Gasteiger partial charge in [-0.3, -0.25) is 15.1 Å². The smallest absolute Gasteiger partial charge is 0.425 e. The number of ether oxygens (including phenoxy) is 1. The number of rotatable bonds is 13. The number of thioether (sulfide) groups is 2. The predicted molar refractivity (Wildman–Crippen MR) is 135 cm³/mol. The standard InChI is InChI=1S/C26H27F2N3O2S2/c1-3-6-24(26(27,28)33-20-8-10-21(34-2)11-9-20)31-22(23(32)15-25(18-29)12-13-25)17-35-16-19-7-4-5-14-30-19/h4-5,7-11,14,22,24,31H,12-13,15-17H2,1-2H3/t22-,24-/m0/s1. The molecule has 0 radical (unpaired) electrons. The monoisotopic (exact) mass is 515 g/mol. The maximum Gasteiger partial charge on any atom is 0.425 e. The number of carbonyl (C=O) groups excluding carboxylic acids is 1. The number of halogens is 2. The van der Waals surface area contributed by atoms with Crippen LogP contribution in [0, 0.1) is 28.6 Å². The average molecular weight is 516 g/mol. The number of Topliss-reactive ketones (excluding diaryl/α,β-unsaturated/α-hetero) is 1. The lowest BCUT2D eigenvalue weighted by Gasteiger charge is -2.28. The normalized spacial score (nSPS) is 15.7. The highest BCUT2D eigenvalue weighted by atomic mass is 32.2. The number of ketones is 1. The summed E-state index contributed by atoms with van der Waals surface area (Å²) in [6.07, 6.45) is 1.19. The van der Waals surface area contributed by atoms with Crippen molar-refractivity contribution in [1.29, 1.82) is 5.26 Å². The van der Waals surface area contributed by atoms with Crippen molar-refractivity contribution in [1.82, 2.24) is 10.3 Å². The van der Waals surface area contributed by atoms with Gasteiger partial charge in [0.05, 0.1) is 23.2 Å². The molecule has 0 bridgehead atoms. The number of nitriles is 1. The second-order valence-electron chi connectivity index (χ2n) is 8.26. The quantitative estimate of drug-likeness (QED) is 0.286. The van der Waals surface area contributed by atoms with Gasteiger partial charge in [0.15, 0.2) is 11.8 Å². The van der Waals surface area contributed by atoms with E-state index in [1.807, 2.05) is 24.5 Å². The molecule has 1 saturated carbocycles. The predicted octanol–water partition coefficient (Wildman–Crippen LogP) is 5.32. The number of benzene rings is 1. The molecule has 1 aliphatic carbocycles. The van der Waals surface area contributed by atoms with Crippen molar-refractivity contribution in [3.05, 3.63) is 54.4 Å². The molecule has 1 fully saturated rings. The van der Waals surface area contributed by atoms with Crippen LogP contribution in [0.1, 0.15) is 31.9 Å². The van der Waals surface area contributed by atoms with Crippen molar-refractivity contribution >= 4 is 29.3 Å². The minimum absolute atomic E-state index is 0.00585. The van der Waals surface area contributed by atoms with Crippen molar-refractivity contribution in [3.63, 3.8) is 0 Å². The van der Waals surface area contributed by atoms with Gasteiger partial charge in [-0.05, 0) is 62.4 Å². The first-order valence-corrected chi connectivity index (χ1v) is 13.5. The van der Waals surface area contributed by atoms with E-state index in [1.165, 1.54) is 42.6 Å². The van der Waals surface area contributed by atoms with Gasteiger partial charge in [-0.1, -0.05) is 12.0 Å². The number of aromatic nitrogens is 1. The summed E-state index contributed by atoms with van der Waals surface area (Å²) < 4.78 is 35.4. The van der Waals surface area contributed by atoms with Crippen LogP contribution in [0.4, 0.5) is 8.78 Å². The summed E-state index contributed by atoms with van der Waals surface area (Å²) in [5, 5.41) is 12.2. The van der Waals surface area contributed by atoms with Crippen molar-refractivity contribution in [2.45, 2.75) is 55.0 Å². The molecular weight excluding hydrogens is 488 g/mol. The molecular formula is C26H27F2N3O2S2. The maximum atomic E-state index is 15.2. The van der Waals surface area contributed by atoms with Gasteiger partial charge in [-0.2, -0.15) is 25.8 Å². The number of pyridine rings is 1. The Balaban J connectivity index is 1.74. The number of nitrogens with one attached hydrogen (secondary N) is 1. The Morgan fingerprint density at radius 2 is 2.03 bits per heavy atom. The van der Waals surface area contributed by atoms with Gasteiger partial charge in [0.2, 0.25) is 0 Å². The second kappa shape index (κ2) is 12.4. The van der Waals surface area contributed by atoms with E-state index in [2.05, 4.69) is 28.2 Å². The first-order chi connectivity index (χ1) is 16.8. The van der Waals surface area contributed by atoms with Crippen molar-refractivity contribution in [3.8, 4) is 23.7 Å². The van der Waals surface area contributed by atoms with Crippen LogP contribution in [0.5, 0.6) is 5.75 Å². The Bertz CT molecular complexity index is 1090. The van der Waals surface area contributed by atoms with E-state index in [-0.39, 0.29) is 23.7 Å². The summed E-state index contributed by atoms with van der Waals surface area (Å²) >= 11 is 2.90. The number of alkyl halides is 2. The van der Waals surface area contributed by atoms with Crippen LogP contribution in [0.3, 0.4) is 0 Å². The highest BCUT2D eigenvalue weighted by Crippen LogP contribution is 2.48. The summed E-state index contributed by atoms with van der Waals surface area (Å²) in [7, 11) is 0. The number of hydrogen-bond donors (Lipinski definition) is 1. The van der Waals surface area contributed by atoms with Crippen LogP contribution < -0.4 is 10.1 Å². The molecule has 0 amide bonds. The van der Waals surface area contributed by atoms with Gasteiger partial charge in [0.1, 0.15) is 5.75 Å². The van der Waals surface area contributed by atoms with Crippen LogP contribution >= 0.6 is 23.5 Å². The lowest BCUT2D eigenvalue weighted by atomic mass is 9.97. The van der Waals surface area contributed by atoms with Crippen LogP contribution in [0.25, 0.3) is 0 Å². The number of carbonyl (C=O) groups is 1. The molecule has 1 heterocycles. The van der Waals surface area contributed by atoms with Crippen molar-refractivity contribution in [2.24, 2.45) is 5.41 Å². The summed E-state index contributed by atoms with van der Waals surface area (Å²) in [6, 6.07) is 11.5. The summed E-state index contributed by atoms with van der Waals surface area (Å²) in [5.74, 6) is 5.48. The highest BCUT2D eigenvalue weighted by Gasteiger charge is 2.48. The molecule has 0 spiro atoms. The largest absolute Gasteiger partial charge is 0.431 e. The van der Waals surface area contributed by atoms with Gasteiger partial charge in [-0.25, -0.2) is 0 Å².